The van der Waals surface area contributed by atoms with Crippen LogP contribution in [0.1, 0.15) is 0 Å². The lowest BCUT2D eigenvalue weighted by Gasteiger charge is -2.10. The summed E-state index contributed by atoms with van der Waals surface area (Å²) in [6, 6.07) is 9.39. The number of benzene rings is 1. The van der Waals surface area contributed by atoms with E-state index >= 15 is 0 Å². The monoisotopic (exact) mass is 328 g/mol. The summed E-state index contributed by atoms with van der Waals surface area (Å²) >= 11 is 5.92. The Labute approximate surface area is 138 Å². The summed E-state index contributed by atoms with van der Waals surface area (Å²) in [7, 11) is 0. The van der Waals surface area contributed by atoms with Crippen LogP contribution in [0.4, 0.5) is 10.2 Å². The fraction of sp³-hybridized carbons (Fsp3) is 0.0588. The van der Waals surface area contributed by atoms with E-state index in [1.165, 1.54) is 6.08 Å². The van der Waals surface area contributed by atoms with Crippen molar-refractivity contribution in [2.75, 3.05) is 5.73 Å². The molecule has 0 atom stereocenters. The molecule has 0 saturated carbocycles. The van der Waals surface area contributed by atoms with Gasteiger partial charge in [-0.1, -0.05) is 23.7 Å². The second kappa shape index (κ2) is 6.62. The molecule has 4 nitrogen and oxygen atoms in total. The lowest BCUT2D eigenvalue weighted by Crippen LogP contribution is -2.02. The molecule has 0 saturated heterocycles. The highest BCUT2D eigenvalue weighted by Gasteiger charge is 2.12. The summed E-state index contributed by atoms with van der Waals surface area (Å²) < 4.78 is 14.1. The zero-order valence-corrected chi connectivity index (χ0v) is 12.9. The number of halogens is 2. The first-order valence-electron chi connectivity index (χ1n) is 6.97. The highest BCUT2D eigenvalue weighted by atomic mass is 35.5. The molecule has 2 N–H and O–H groups in total. The summed E-state index contributed by atoms with van der Waals surface area (Å²) in [5.74, 6) is 1.02. The van der Waals surface area contributed by atoms with Gasteiger partial charge < -0.3 is 10.3 Å². The second-order valence-corrected chi connectivity index (χ2v) is 5.37. The molecule has 0 spiro atoms. The summed E-state index contributed by atoms with van der Waals surface area (Å²) in [6.07, 6.45) is 7.03. The first-order valence-corrected chi connectivity index (χ1v) is 7.35. The average molecular weight is 329 g/mol. The van der Waals surface area contributed by atoms with Crippen LogP contribution in [0.3, 0.4) is 0 Å². The first kappa shape index (κ1) is 15.2. The van der Waals surface area contributed by atoms with Gasteiger partial charge in [-0.2, -0.15) is 0 Å². The van der Waals surface area contributed by atoms with Crippen molar-refractivity contribution in [2.45, 2.75) is 6.54 Å². The van der Waals surface area contributed by atoms with Crippen LogP contribution >= 0.6 is 11.6 Å². The van der Waals surface area contributed by atoms with Gasteiger partial charge in [-0.05, 0) is 29.8 Å². The summed E-state index contributed by atoms with van der Waals surface area (Å²) in [6.45, 7) is 0.371. The Balaban J connectivity index is 2.05. The Morgan fingerprint density at radius 3 is 2.70 bits per heavy atom. The second-order valence-electron chi connectivity index (χ2n) is 4.93. The van der Waals surface area contributed by atoms with E-state index in [4.69, 9.17) is 17.3 Å². The van der Waals surface area contributed by atoms with E-state index in [0.717, 1.165) is 11.1 Å². The van der Waals surface area contributed by atoms with Crippen molar-refractivity contribution in [3.05, 3.63) is 66.4 Å². The average Bonchev–Trinajstić information content (AvgIpc) is 3.02. The standard InChI is InChI=1S/C17H14ClFN4/c18-14-4-2-12(3-5-14)13-10-15(16(20)22-11-13)17-21-7-9-23(17)8-1-6-19/h1-7,9-11H,8H2,(H2,20,22)/b6-1+. The molecular weight excluding hydrogens is 315 g/mol. The third kappa shape index (κ3) is 3.24. The number of nitrogen functional groups attached to an aromatic ring is 1. The normalized spacial score (nSPS) is 11.2. The number of anilines is 1. The minimum atomic E-state index is 0.371. The van der Waals surface area contributed by atoms with Crippen LogP contribution in [0, 0.1) is 0 Å². The summed E-state index contributed by atoms with van der Waals surface area (Å²) in [5, 5.41) is 0.672. The Bertz CT molecular complexity index is 840. The molecular formula is C17H14ClFN4. The molecule has 2 aromatic heterocycles. The van der Waals surface area contributed by atoms with Crippen LogP contribution in [0.2, 0.25) is 5.02 Å². The van der Waals surface area contributed by atoms with Crippen molar-refractivity contribution < 1.29 is 4.39 Å². The quantitative estimate of drug-likeness (QED) is 0.775. The molecule has 2 heterocycles. The highest BCUT2D eigenvalue weighted by molar-refractivity contribution is 6.30. The molecule has 0 fully saturated rings. The van der Waals surface area contributed by atoms with Crippen molar-refractivity contribution in [3.63, 3.8) is 0 Å². The predicted molar refractivity (Wildman–Crippen MR) is 90.6 cm³/mol. The minimum absolute atomic E-state index is 0.371. The van der Waals surface area contributed by atoms with E-state index < -0.39 is 0 Å². The van der Waals surface area contributed by atoms with Crippen molar-refractivity contribution in [1.82, 2.24) is 14.5 Å². The third-order valence-electron chi connectivity index (χ3n) is 3.44. The molecule has 0 aliphatic carbocycles. The largest absolute Gasteiger partial charge is 0.383 e. The van der Waals surface area contributed by atoms with Gasteiger partial charge in [-0.15, -0.1) is 0 Å². The number of allylic oxidation sites excluding steroid dienone is 1. The topological polar surface area (TPSA) is 56.7 Å². The first-order chi connectivity index (χ1) is 11.2. The molecule has 0 amide bonds. The van der Waals surface area contributed by atoms with Gasteiger partial charge >= 0.3 is 0 Å². The lowest BCUT2D eigenvalue weighted by atomic mass is 10.1. The smallest absolute Gasteiger partial charge is 0.143 e. The molecule has 3 rings (SSSR count). The van der Waals surface area contributed by atoms with E-state index in [1.807, 2.05) is 30.3 Å². The van der Waals surface area contributed by atoms with Gasteiger partial charge in [0, 0.05) is 35.7 Å². The molecule has 0 bridgehead atoms. The Hall–Kier alpha value is -2.66. The van der Waals surface area contributed by atoms with Crippen LogP contribution < -0.4 is 5.73 Å². The molecule has 0 radical (unpaired) electrons. The maximum absolute atomic E-state index is 12.3. The van der Waals surface area contributed by atoms with Crippen LogP contribution in [0.5, 0.6) is 0 Å². The number of hydrogen-bond acceptors (Lipinski definition) is 3. The van der Waals surface area contributed by atoms with Crippen molar-refractivity contribution in [3.8, 4) is 22.5 Å². The van der Waals surface area contributed by atoms with Gasteiger partial charge in [0.1, 0.15) is 11.6 Å². The molecule has 0 unspecified atom stereocenters. The van der Waals surface area contributed by atoms with E-state index in [-0.39, 0.29) is 0 Å². The fourth-order valence-electron chi connectivity index (χ4n) is 2.31. The Morgan fingerprint density at radius 1 is 1.17 bits per heavy atom. The van der Waals surface area contributed by atoms with Gasteiger partial charge in [-0.25, -0.2) is 14.4 Å². The van der Waals surface area contributed by atoms with E-state index in [9.17, 15) is 4.39 Å². The highest BCUT2D eigenvalue weighted by Crippen LogP contribution is 2.29. The maximum Gasteiger partial charge on any atom is 0.143 e. The molecule has 6 heteroatoms. The van der Waals surface area contributed by atoms with Gasteiger partial charge in [0.2, 0.25) is 0 Å². The van der Waals surface area contributed by atoms with Crippen LogP contribution in [-0.2, 0) is 6.54 Å². The molecule has 116 valence electrons. The van der Waals surface area contributed by atoms with Crippen LogP contribution in [0.15, 0.2) is 61.3 Å². The molecule has 0 aliphatic rings. The number of aromatic nitrogens is 3. The minimum Gasteiger partial charge on any atom is -0.383 e. The van der Waals surface area contributed by atoms with E-state index in [1.54, 1.807) is 23.2 Å². The molecule has 0 aliphatic heterocycles. The SMILES string of the molecule is Nc1ncc(-c2ccc(Cl)cc2)cc1-c1nccn1C/C=C/F. The Kier molecular flexibility index (Phi) is 4.39. The number of rotatable bonds is 4. The maximum atomic E-state index is 12.3. The molecule has 1 aromatic carbocycles. The number of nitrogens with zero attached hydrogens (tertiary/aromatic N) is 3. The van der Waals surface area contributed by atoms with E-state index in [2.05, 4.69) is 9.97 Å². The van der Waals surface area contributed by atoms with Gasteiger partial charge in [-0.3, -0.25) is 0 Å². The lowest BCUT2D eigenvalue weighted by molar-refractivity contribution is 0.703. The van der Waals surface area contributed by atoms with Crippen molar-refractivity contribution >= 4 is 17.4 Å². The van der Waals surface area contributed by atoms with Gasteiger partial charge in [0.25, 0.3) is 0 Å². The zero-order valence-electron chi connectivity index (χ0n) is 12.2. The Morgan fingerprint density at radius 2 is 1.96 bits per heavy atom. The molecule has 3 aromatic rings. The van der Waals surface area contributed by atoms with Crippen molar-refractivity contribution in [1.29, 1.82) is 0 Å². The number of pyridine rings is 1. The van der Waals surface area contributed by atoms with Crippen LogP contribution in [0.25, 0.3) is 22.5 Å². The number of imidazole rings is 1. The third-order valence-corrected chi connectivity index (χ3v) is 3.70. The number of nitrogens with two attached hydrogens (primary N) is 1. The zero-order chi connectivity index (χ0) is 16.2. The van der Waals surface area contributed by atoms with Gasteiger partial charge in [0.15, 0.2) is 0 Å². The van der Waals surface area contributed by atoms with Crippen LogP contribution in [-0.4, -0.2) is 14.5 Å². The predicted octanol–water partition coefficient (Wildman–Crippen LogP) is 4.33. The fourth-order valence-corrected chi connectivity index (χ4v) is 2.43. The molecule has 23 heavy (non-hydrogen) atoms. The number of hydrogen-bond donors (Lipinski definition) is 1. The summed E-state index contributed by atoms with van der Waals surface area (Å²) in [4.78, 5) is 8.57. The van der Waals surface area contributed by atoms with Crippen molar-refractivity contribution in [2.24, 2.45) is 0 Å². The van der Waals surface area contributed by atoms with Gasteiger partial charge in [0.05, 0.1) is 11.9 Å². The summed E-state index contributed by atoms with van der Waals surface area (Å²) in [5.41, 5.74) is 8.59. The van der Waals surface area contributed by atoms with E-state index in [0.29, 0.717) is 35.1 Å².